The van der Waals surface area contributed by atoms with Crippen LogP contribution in [0.15, 0.2) is 23.1 Å². The molecular weight excluding hydrogens is 447 g/mol. The highest BCUT2D eigenvalue weighted by molar-refractivity contribution is 7.89. The Labute approximate surface area is 177 Å². The Hall–Kier alpha value is -1.85. The second kappa shape index (κ2) is 8.72. The SMILES string of the molecule is O=C(CCNS(=O)(=O)c1ccc(Cl)c(C(F)(F)F)c1)N1CCN(C(=O)C2CC2)CC1. The van der Waals surface area contributed by atoms with E-state index in [2.05, 4.69) is 4.72 Å². The fourth-order valence-electron chi connectivity index (χ4n) is 3.19. The topological polar surface area (TPSA) is 86.8 Å². The van der Waals surface area contributed by atoms with Crippen LogP contribution in [0.25, 0.3) is 0 Å². The summed E-state index contributed by atoms with van der Waals surface area (Å²) in [7, 11) is -4.24. The number of sulfonamides is 1. The molecule has 1 heterocycles. The Balaban J connectivity index is 1.51. The molecule has 166 valence electrons. The van der Waals surface area contributed by atoms with Gasteiger partial charge < -0.3 is 9.80 Å². The zero-order chi connectivity index (χ0) is 22.1. The number of hydrogen-bond acceptors (Lipinski definition) is 4. The van der Waals surface area contributed by atoms with Crippen LogP contribution < -0.4 is 4.72 Å². The maximum atomic E-state index is 12.9. The molecule has 0 aromatic heterocycles. The lowest BCUT2D eigenvalue weighted by Crippen LogP contribution is -2.51. The Bertz CT molecular complexity index is 927. The third-order valence-corrected chi connectivity index (χ3v) is 6.84. The predicted molar refractivity (Wildman–Crippen MR) is 102 cm³/mol. The number of hydrogen-bond donors (Lipinski definition) is 1. The van der Waals surface area contributed by atoms with Crippen LogP contribution in [-0.2, 0) is 25.8 Å². The summed E-state index contributed by atoms with van der Waals surface area (Å²) < 4.78 is 65.5. The van der Waals surface area contributed by atoms with Crippen molar-refractivity contribution in [1.82, 2.24) is 14.5 Å². The van der Waals surface area contributed by atoms with E-state index in [9.17, 15) is 31.2 Å². The minimum atomic E-state index is -4.79. The number of amides is 2. The highest BCUT2D eigenvalue weighted by Gasteiger charge is 2.36. The zero-order valence-corrected chi connectivity index (χ0v) is 17.5. The molecule has 2 fully saturated rings. The van der Waals surface area contributed by atoms with Crippen LogP contribution in [0.5, 0.6) is 0 Å². The van der Waals surface area contributed by atoms with E-state index >= 15 is 0 Å². The summed E-state index contributed by atoms with van der Waals surface area (Å²) in [6.45, 7) is 1.37. The van der Waals surface area contributed by atoms with Crippen molar-refractivity contribution < 1.29 is 31.2 Å². The van der Waals surface area contributed by atoms with E-state index in [0.29, 0.717) is 32.2 Å². The Morgan fingerprint density at radius 3 is 2.27 bits per heavy atom. The number of halogens is 4. The molecule has 1 saturated heterocycles. The summed E-state index contributed by atoms with van der Waals surface area (Å²) in [5.41, 5.74) is -1.25. The molecule has 0 atom stereocenters. The molecule has 1 aromatic carbocycles. The highest BCUT2D eigenvalue weighted by atomic mass is 35.5. The molecule has 0 spiro atoms. The fourth-order valence-corrected chi connectivity index (χ4v) is 4.47. The Morgan fingerprint density at radius 2 is 1.70 bits per heavy atom. The van der Waals surface area contributed by atoms with Crippen LogP contribution in [-0.4, -0.2) is 62.8 Å². The van der Waals surface area contributed by atoms with Crippen molar-refractivity contribution in [3.63, 3.8) is 0 Å². The van der Waals surface area contributed by atoms with Crippen LogP contribution in [0.4, 0.5) is 13.2 Å². The van der Waals surface area contributed by atoms with Gasteiger partial charge in [-0.2, -0.15) is 13.2 Å². The lowest BCUT2D eigenvalue weighted by atomic mass is 10.2. The maximum Gasteiger partial charge on any atom is 0.417 e. The number of nitrogens with one attached hydrogen (secondary N) is 1. The van der Waals surface area contributed by atoms with Crippen LogP contribution >= 0.6 is 11.6 Å². The van der Waals surface area contributed by atoms with Crippen LogP contribution in [0.1, 0.15) is 24.8 Å². The van der Waals surface area contributed by atoms with E-state index in [-0.39, 0.29) is 30.7 Å². The average molecular weight is 468 g/mol. The summed E-state index contributed by atoms with van der Waals surface area (Å²) in [5.74, 6) is -0.0493. The van der Waals surface area contributed by atoms with Gasteiger partial charge in [-0.25, -0.2) is 13.1 Å². The fraction of sp³-hybridized carbons (Fsp3) is 0.556. The number of benzene rings is 1. The van der Waals surface area contributed by atoms with Gasteiger partial charge in [0.1, 0.15) is 0 Å². The molecule has 3 rings (SSSR count). The molecule has 7 nitrogen and oxygen atoms in total. The Kier molecular flexibility index (Phi) is 6.63. The van der Waals surface area contributed by atoms with Crippen LogP contribution in [0, 0.1) is 5.92 Å². The molecule has 12 heteroatoms. The normalized spacial score (nSPS) is 17.9. The van der Waals surface area contributed by atoms with Gasteiger partial charge in [0.05, 0.1) is 15.5 Å². The molecule has 1 aliphatic carbocycles. The van der Waals surface area contributed by atoms with Gasteiger partial charge in [0.15, 0.2) is 0 Å². The number of nitrogens with zero attached hydrogens (tertiary/aromatic N) is 2. The highest BCUT2D eigenvalue weighted by Crippen LogP contribution is 2.36. The van der Waals surface area contributed by atoms with Crippen molar-refractivity contribution in [3.8, 4) is 0 Å². The lowest BCUT2D eigenvalue weighted by Gasteiger charge is -2.35. The van der Waals surface area contributed by atoms with Gasteiger partial charge in [0.2, 0.25) is 21.8 Å². The van der Waals surface area contributed by atoms with Crippen molar-refractivity contribution >= 4 is 33.4 Å². The number of carbonyl (C=O) groups is 2. The molecule has 0 bridgehead atoms. The second-order valence-corrected chi connectivity index (χ2v) is 9.44. The molecule has 1 N–H and O–H groups in total. The van der Waals surface area contributed by atoms with E-state index in [1.165, 1.54) is 0 Å². The predicted octanol–water partition coefficient (Wildman–Crippen LogP) is 2.11. The first-order valence-electron chi connectivity index (χ1n) is 9.42. The molecule has 30 heavy (non-hydrogen) atoms. The van der Waals surface area contributed by atoms with Crippen molar-refractivity contribution in [2.75, 3.05) is 32.7 Å². The first-order valence-corrected chi connectivity index (χ1v) is 11.3. The minimum Gasteiger partial charge on any atom is -0.339 e. The molecule has 0 unspecified atom stereocenters. The second-order valence-electron chi connectivity index (χ2n) is 7.27. The molecule has 0 radical (unpaired) electrons. The van der Waals surface area contributed by atoms with Gasteiger partial charge in [-0.3, -0.25) is 9.59 Å². The van der Waals surface area contributed by atoms with Crippen molar-refractivity contribution in [2.24, 2.45) is 5.92 Å². The molecule has 1 aromatic rings. The van der Waals surface area contributed by atoms with Gasteiger partial charge >= 0.3 is 6.18 Å². The monoisotopic (exact) mass is 467 g/mol. The third kappa shape index (κ3) is 5.44. The minimum absolute atomic E-state index is 0.118. The van der Waals surface area contributed by atoms with Crippen molar-refractivity contribution in [3.05, 3.63) is 28.8 Å². The summed E-state index contributed by atoms with van der Waals surface area (Å²) in [4.78, 5) is 27.0. The number of rotatable bonds is 6. The molecule has 2 amide bonds. The number of piperazine rings is 1. The van der Waals surface area contributed by atoms with E-state index in [0.717, 1.165) is 25.0 Å². The third-order valence-electron chi connectivity index (χ3n) is 5.06. The largest absolute Gasteiger partial charge is 0.417 e. The van der Waals surface area contributed by atoms with Crippen LogP contribution in [0.3, 0.4) is 0 Å². The van der Waals surface area contributed by atoms with Gasteiger partial charge in [-0.15, -0.1) is 0 Å². The summed E-state index contributed by atoms with van der Waals surface area (Å²) in [5, 5.41) is -0.601. The van der Waals surface area contributed by atoms with Gasteiger partial charge in [-0.1, -0.05) is 11.6 Å². The zero-order valence-electron chi connectivity index (χ0n) is 15.9. The van der Waals surface area contributed by atoms with Gasteiger partial charge in [0, 0.05) is 45.1 Å². The van der Waals surface area contributed by atoms with Crippen LogP contribution in [0.2, 0.25) is 5.02 Å². The number of alkyl halides is 3. The smallest absolute Gasteiger partial charge is 0.339 e. The quantitative estimate of drug-likeness (QED) is 0.694. The average Bonchev–Trinajstić information content (AvgIpc) is 3.52. The maximum absolute atomic E-state index is 12.9. The summed E-state index contributed by atoms with van der Waals surface area (Å²) in [6.07, 6.45) is -3.11. The molecule has 2 aliphatic rings. The van der Waals surface area contributed by atoms with Gasteiger partial charge in [0.25, 0.3) is 0 Å². The molecule has 1 aliphatic heterocycles. The van der Waals surface area contributed by atoms with E-state index < -0.39 is 31.7 Å². The van der Waals surface area contributed by atoms with E-state index in [1.807, 2.05) is 0 Å². The lowest BCUT2D eigenvalue weighted by molar-refractivity contribution is -0.140. The first kappa shape index (κ1) is 22.8. The first-order chi connectivity index (χ1) is 14.0. The van der Waals surface area contributed by atoms with Crippen molar-refractivity contribution in [2.45, 2.75) is 30.3 Å². The summed E-state index contributed by atoms with van der Waals surface area (Å²) in [6, 6.07) is 2.30. The van der Waals surface area contributed by atoms with E-state index in [4.69, 9.17) is 11.6 Å². The van der Waals surface area contributed by atoms with Gasteiger partial charge in [-0.05, 0) is 31.0 Å². The van der Waals surface area contributed by atoms with Crippen molar-refractivity contribution in [1.29, 1.82) is 0 Å². The summed E-state index contributed by atoms with van der Waals surface area (Å²) >= 11 is 5.50. The van der Waals surface area contributed by atoms with E-state index in [1.54, 1.807) is 9.80 Å². The standard InChI is InChI=1S/C18H21ClF3N3O4S/c19-15-4-3-13(11-14(15)18(20,21)22)30(28,29)23-6-5-16(26)24-7-9-25(10-8-24)17(27)12-1-2-12/h3-4,11-12,23H,1-2,5-10H2. The molecular formula is C18H21ClF3N3O4S. The number of carbonyl (C=O) groups excluding carboxylic acids is 2. The molecule has 1 saturated carbocycles. The Morgan fingerprint density at radius 1 is 1.10 bits per heavy atom.